The molecule has 2 aromatic carbocycles. The summed E-state index contributed by atoms with van der Waals surface area (Å²) in [6.07, 6.45) is 0.776. The van der Waals surface area contributed by atoms with Crippen LogP contribution in [0.2, 0.25) is 0 Å². The average molecular weight is 437 g/mol. The predicted octanol–water partition coefficient (Wildman–Crippen LogP) is 2.88. The molecular formula is C24H28N4O4. The Morgan fingerprint density at radius 3 is 2.62 bits per heavy atom. The number of amides is 2. The zero-order chi connectivity index (χ0) is 22.9. The lowest BCUT2D eigenvalue weighted by molar-refractivity contribution is -0.131. The Morgan fingerprint density at radius 1 is 1.09 bits per heavy atom. The zero-order valence-electron chi connectivity index (χ0n) is 18.4. The van der Waals surface area contributed by atoms with Gasteiger partial charge >= 0.3 is 0 Å². The largest absolute Gasteiger partial charge is 0.493 e. The molecule has 1 aromatic heterocycles. The number of carbonyl (C=O) groups is 2. The van der Waals surface area contributed by atoms with Gasteiger partial charge in [-0.25, -0.2) is 4.98 Å². The normalized spacial score (nSPS) is 10.7. The molecule has 8 heteroatoms. The molecule has 0 atom stereocenters. The van der Waals surface area contributed by atoms with Gasteiger partial charge in [-0.1, -0.05) is 24.3 Å². The van der Waals surface area contributed by atoms with E-state index in [0.29, 0.717) is 54.2 Å². The van der Waals surface area contributed by atoms with Gasteiger partial charge in [0.15, 0.2) is 0 Å². The van der Waals surface area contributed by atoms with Crippen molar-refractivity contribution >= 4 is 22.7 Å². The number of nitrogens with one attached hydrogen (secondary N) is 2. The summed E-state index contributed by atoms with van der Waals surface area (Å²) in [6, 6.07) is 14.2. The van der Waals surface area contributed by atoms with Crippen molar-refractivity contribution in [1.29, 1.82) is 0 Å². The van der Waals surface area contributed by atoms with Crippen molar-refractivity contribution in [1.82, 2.24) is 20.2 Å². The van der Waals surface area contributed by atoms with Gasteiger partial charge in [0.25, 0.3) is 11.5 Å². The van der Waals surface area contributed by atoms with Crippen molar-refractivity contribution in [3.05, 3.63) is 70.3 Å². The predicted molar refractivity (Wildman–Crippen MR) is 123 cm³/mol. The van der Waals surface area contributed by atoms with Crippen LogP contribution < -0.4 is 15.6 Å². The highest BCUT2D eigenvalue weighted by molar-refractivity contribution is 5.96. The quantitative estimate of drug-likeness (QED) is 0.476. The van der Waals surface area contributed by atoms with E-state index in [-0.39, 0.29) is 30.3 Å². The van der Waals surface area contributed by atoms with Crippen LogP contribution in [0, 0.1) is 0 Å². The molecule has 0 bridgehead atoms. The van der Waals surface area contributed by atoms with E-state index in [1.165, 1.54) is 0 Å². The highest BCUT2D eigenvalue weighted by Gasteiger charge is 2.15. The summed E-state index contributed by atoms with van der Waals surface area (Å²) in [5.74, 6) is 0.696. The molecular weight excluding hydrogens is 408 g/mol. The second-order valence-electron chi connectivity index (χ2n) is 7.23. The topological polar surface area (TPSA) is 104 Å². The maximum Gasteiger partial charge on any atom is 0.258 e. The number of carbonyl (C=O) groups excluding carboxylic acids is 2. The second-order valence-corrected chi connectivity index (χ2v) is 7.23. The molecule has 8 nitrogen and oxygen atoms in total. The van der Waals surface area contributed by atoms with Crippen molar-refractivity contribution in [3.8, 4) is 5.75 Å². The van der Waals surface area contributed by atoms with Crippen molar-refractivity contribution in [2.45, 2.75) is 33.2 Å². The minimum atomic E-state index is -0.230. The molecule has 0 aliphatic heterocycles. The molecule has 3 rings (SSSR count). The first-order valence-electron chi connectivity index (χ1n) is 10.8. The number of benzene rings is 2. The Bertz CT molecular complexity index is 1140. The van der Waals surface area contributed by atoms with E-state index in [1.807, 2.05) is 26.0 Å². The highest BCUT2D eigenvalue weighted by Crippen LogP contribution is 2.17. The maximum absolute atomic E-state index is 12.7. The molecule has 32 heavy (non-hydrogen) atoms. The number of nitrogens with zero attached hydrogens (tertiary/aromatic N) is 2. The van der Waals surface area contributed by atoms with Crippen LogP contribution in [0.15, 0.2) is 53.3 Å². The van der Waals surface area contributed by atoms with Gasteiger partial charge < -0.3 is 19.9 Å². The molecule has 0 spiro atoms. The van der Waals surface area contributed by atoms with Gasteiger partial charge in [-0.3, -0.25) is 14.4 Å². The summed E-state index contributed by atoms with van der Waals surface area (Å²) in [6.45, 7) is 5.30. The lowest BCUT2D eigenvalue weighted by Crippen LogP contribution is -2.33. The zero-order valence-corrected chi connectivity index (χ0v) is 18.4. The number of H-pyrrole nitrogens is 1. The van der Waals surface area contributed by atoms with E-state index in [4.69, 9.17) is 4.74 Å². The van der Waals surface area contributed by atoms with Crippen LogP contribution in [0.1, 0.15) is 42.9 Å². The molecule has 3 aromatic rings. The van der Waals surface area contributed by atoms with E-state index in [0.717, 1.165) is 0 Å². The van der Waals surface area contributed by atoms with Crippen LogP contribution in [-0.4, -0.2) is 46.4 Å². The number of fused-ring (bicyclic) bond motifs is 1. The molecule has 2 N–H and O–H groups in total. The van der Waals surface area contributed by atoms with Crippen molar-refractivity contribution in [2.75, 3.05) is 19.7 Å². The summed E-state index contributed by atoms with van der Waals surface area (Å²) >= 11 is 0. The van der Waals surface area contributed by atoms with E-state index in [1.54, 1.807) is 41.3 Å². The smallest absolute Gasteiger partial charge is 0.258 e. The third-order valence-electron chi connectivity index (χ3n) is 5.02. The third kappa shape index (κ3) is 5.72. The van der Waals surface area contributed by atoms with Gasteiger partial charge in [0.2, 0.25) is 5.91 Å². The van der Waals surface area contributed by atoms with Gasteiger partial charge in [-0.05, 0) is 44.5 Å². The molecule has 2 amide bonds. The van der Waals surface area contributed by atoms with E-state index < -0.39 is 0 Å². The second kappa shape index (κ2) is 11.1. The minimum Gasteiger partial charge on any atom is -0.493 e. The van der Waals surface area contributed by atoms with E-state index in [2.05, 4.69) is 15.3 Å². The summed E-state index contributed by atoms with van der Waals surface area (Å²) < 4.78 is 5.49. The fourth-order valence-electron chi connectivity index (χ4n) is 3.40. The van der Waals surface area contributed by atoms with Gasteiger partial charge in [0.1, 0.15) is 11.6 Å². The molecule has 1 heterocycles. The Labute approximate surface area is 186 Å². The Morgan fingerprint density at radius 2 is 1.84 bits per heavy atom. The van der Waals surface area contributed by atoms with Gasteiger partial charge in [0, 0.05) is 19.5 Å². The van der Waals surface area contributed by atoms with Crippen LogP contribution in [0.3, 0.4) is 0 Å². The number of aromatic nitrogens is 2. The summed E-state index contributed by atoms with van der Waals surface area (Å²) in [7, 11) is 0. The standard InChI is InChI=1S/C24H28N4O4/c1-3-28(16-21-26-19-12-7-5-10-17(19)24(31)27-21)22(29)14-9-15-25-23(30)18-11-6-8-13-20(18)32-4-2/h5-8,10-13H,3-4,9,14-16H2,1-2H3,(H,25,30)(H,26,27,31). The average Bonchev–Trinajstić information content (AvgIpc) is 2.80. The number of hydrogen-bond donors (Lipinski definition) is 2. The SMILES string of the molecule is CCOc1ccccc1C(=O)NCCCC(=O)N(CC)Cc1nc2ccccc2c(=O)[nH]1. The number of hydrogen-bond acceptors (Lipinski definition) is 5. The fraction of sp³-hybridized carbons (Fsp3) is 0.333. The van der Waals surface area contributed by atoms with E-state index in [9.17, 15) is 14.4 Å². The van der Waals surface area contributed by atoms with Gasteiger partial charge in [-0.2, -0.15) is 0 Å². The first-order valence-corrected chi connectivity index (χ1v) is 10.8. The summed E-state index contributed by atoms with van der Waals surface area (Å²) in [4.78, 5) is 46.2. The van der Waals surface area contributed by atoms with Gasteiger partial charge in [-0.15, -0.1) is 0 Å². The molecule has 0 radical (unpaired) electrons. The summed E-state index contributed by atoms with van der Waals surface area (Å²) in [5.41, 5.74) is 0.858. The Hall–Kier alpha value is -3.68. The molecule has 168 valence electrons. The lowest BCUT2D eigenvalue weighted by atomic mass is 10.2. The Kier molecular flexibility index (Phi) is 7.96. The number of aromatic amines is 1. The third-order valence-corrected chi connectivity index (χ3v) is 5.02. The molecule has 0 saturated heterocycles. The van der Waals surface area contributed by atoms with Crippen molar-refractivity contribution in [2.24, 2.45) is 0 Å². The van der Waals surface area contributed by atoms with Crippen molar-refractivity contribution in [3.63, 3.8) is 0 Å². The molecule has 0 fully saturated rings. The first kappa shape index (κ1) is 23.0. The fourth-order valence-corrected chi connectivity index (χ4v) is 3.40. The lowest BCUT2D eigenvalue weighted by Gasteiger charge is -2.20. The van der Waals surface area contributed by atoms with Crippen LogP contribution in [0.4, 0.5) is 0 Å². The molecule has 0 aliphatic rings. The molecule has 0 aliphatic carbocycles. The molecule has 0 unspecified atom stereocenters. The summed E-state index contributed by atoms with van der Waals surface area (Å²) in [5, 5.41) is 3.36. The number of rotatable bonds is 10. The number of ether oxygens (including phenoxy) is 1. The van der Waals surface area contributed by atoms with E-state index >= 15 is 0 Å². The van der Waals surface area contributed by atoms with Crippen LogP contribution >= 0.6 is 0 Å². The van der Waals surface area contributed by atoms with Crippen LogP contribution in [0.25, 0.3) is 10.9 Å². The first-order chi connectivity index (χ1) is 15.5. The minimum absolute atomic E-state index is 0.0627. The van der Waals surface area contributed by atoms with Gasteiger partial charge in [0.05, 0.1) is 29.6 Å². The van der Waals surface area contributed by atoms with Crippen LogP contribution in [-0.2, 0) is 11.3 Å². The number of para-hydroxylation sites is 2. The van der Waals surface area contributed by atoms with Crippen molar-refractivity contribution < 1.29 is 14.3 Å². The highest BCUT2D eigenvalue weighted by atomic mass is 16.5. The molecule has 0 saturated carbocycles. The Balaban J connectivity index is 1.53. The van der Waals surface area contributed by atoms with Crippen LogP contribution in [0.5, 0.6) is 5.75 Å². The maximum atomic E-state index is 12.7. The monoisotopic (exact) mass is 436 g/mol.